The van der Waals surface area contributed by atoms with Gasteiger partial charge < -0.3 is 4.74 Å². The Labute approximate surface area is 126 Å². The van der Waals surface area contributed by atoms with E-state index < -0.39 is 0 Å². The molecule has 3 radical (unpaired) electrons. The van der Waals surface area contributed by atoms with E-state index in [0.717, 1.165) is 13.1 Å². The molecule has 0 aliphatic carbocycles. The predicted octanol–water partition coefficient (Wildman–Crippen LogP) is 2.14. The molecule has 2 unspecified atom stereocenters. The van der Waals surface area contributed by atoms with Gasteiger partial charge in [-0.3, -0.25) is 4.90 Å². The van der Waals surface area contributed by atoms with Crippen molar-refractivity contribution in [2.24, 2.45) is 0 Å². The second kappa shape index (κ2) is 6.88. The molecule has 1 heterocycles. The number of rotatable bonds is 4. The molecule has 2 nitrogen and oxygen atoms in total. The van der Waals surface area contributed by atoms with Crippen LogP contribution in [-0.2, 0) is 11.2 Å². The lowest BCUT2D eigenvalue weighted by Gasteiger charge is -2.35. The van der Waals surface area contributed by atoms with Gasteiger partial charge in [0, 0.05) is 13.1 Å². The topological polar surface area (TPSA) is 12.5 Å². The number of ether oxygens (including phenoxy) is 1. The molecule has 0 saturated carbocycles. The molecule has 0 N–H and O–H groups in total. The average molecular weight is 288 g/mol. The number of hydrogen-bond donors (Lipinski definition) is 0. The normalized spacial score (nSPS) is 24.1. The summed E-state index contributed by atoms with van der Waals surface area (Å²) in [5, 5.41) is 1.21. The van der Waals surface area contributed by atoms with Gasteiger partial charge in [0.05, 0.1) is 22.5 Å². The minimum absolute atomic E-state index is 0.371. The summed E-state index contributed by atoms with van der Waals surface area (Å²) in [6.07, 6.45) is 3.13. The second-order valence-electron chi connectivity index (χ2n) is 6.14. The summed E-state index contributed by atoms with van der Waals surface area (Å²) in [6.45, 7) is 12.1. The van der Waals surface area contributed by atoms with Crippen LogP contribution in [0.3, 0.4) is 0 Å². The van der Waals surface area contributed by atoms with Crippen molar-refractivity contribution in [2.45, 2.75) is 52.7 Å². The summed E-state index contributed by atoms with van der Waals surface area (Å²) in [6, 6.07) is 4.43. The summed E-state index contributed by atoms with van der Waals surface area (Å²) < 4.78 is 5.78. The third-order valence-electron chi connectivity index (χ3n) is 4.32. The lowest BCUT2D eigenvalue weighted by atomic mass is 9.99. The lowest BCUT2D eigenvalue weighted by molar-refractivity contribution is -0.0680. The van der Waals surface area contributed by atoms with Crippen molar-refractivity contribution in [1.29, 1.82) is 0 Å². The maximum Gasteiger partial charge on any atom is 0.0715 e. The van der Waals surface area contributed by atoms with Gasteiger partial charge in [0.15, 0.2) is 0 Å². The first-order valence-corrected chi connectivity index (χ1v) is 8.16. The van der Waals surface area contributed by atoms with Gasteiger partial charge >= 0.3 is 0 Å². The Morgan fingerprint density at radius 1 is 1.15 bits per heavy atom. The number of aryl methyl sites for hydroxylation is 1. The summed E-state index contributed by atoms with van der Waals surface area (Å²) in [7, 11) is 3.65. The van der Waals surface area contributed by atoms with Gasteiger partial charge in [-0.05, 0) is 63.8 Å². The van der Waals surface area contributed by atoms with E-state index in [0.29, 0.717) is 12.2 Å². The van der Waals surface area contributed by atoms with E-state index in [4.69, 9.17) is 4.74 Å². The lowest BCUT2D eigenvalue weighted by Crippen LogP contribution is -2.45. The van der Waals surface area contributed by atoms with Crippen LogP contribution in [0, 0.1) is 13.8 Å². The Morgan fingerprint density at radius 3 is 2.45 bits per heavy atom. The molecule has 0 amide bonds. The monoisotopic (exact) mass is 288 g/mol. The number of benzene rings is 1. The van der Waals surface area contributed by atoms with Crippen molar-refractivity contribution in [3.05, 3.63) is 28.8 Å². The van der Waals surface area contributed by atoms with Gasteiger partial charge in [-0.15, -0.1) is 0 Å². The Kier molecular flexibility index (Phi) is 5.41. The summed E-state index contributed by atoms with van der Waals surface area (Å²) >= 11 is 0. The van der Waals surface area contributed by atoms with Crippen LogP contribution >= 0.6 is 0 Å². The zero-order valence-electron chi connectivity index (χ0n) is 13.2. The molecule has 0 spiro atoms. The van der Waals surface area contributed by atoms with E-state index in [2.05, 4.69) is 55.0 Å². The highest BCUT2D eigenvalue weighted by molar-refractivity contribution is 6.33. The van der Waals surface area contributed by atoms with Crippen LogP contribution in [0.4, 0.5) is 0 Å². The number of hydrogen-bond acceptors (Lipinski definition) is 2. The standard InChI is InChI=1S/C17H26NOSi/c1-12-10-18(11-13(2)19-12)9-5-6-16-7-8-17(20)15(4)14(16)3/h7-8,12-13H,5-6,9-11H2,1-4H3. The van der Waals surface area contributed by atoms with Crippen molar-refractivity contribution in [1.82, 2.24) is 4.90 Å². The van der Waals surface area contributed by atoms with Crippen LogP contribution in [-0.4, -0.2) is 47.0 Å². The highest BCUT2D eigenvalue weighted by Gasteiger charge is 2.21. The smallest absolute Gasteiger partial charge is 0.0715 e. The second-order valence-corrected chi connectivity index (χ2v) is 6.68. The molecule has 20 heavy (non-hydrogen) atoms. The van der Waals surface area contributed by atoms with Crippen molar-refractivity contribution in [3.8, 4) is 0 Å². The largest absolute Gasteiger partial charge is 0.373 e. The summed E-state index contributed by atoms with van der Waals surface area (Å²) in [5.74, 6) is 0. The zero-order valence-corrected chi connectivity index (χ0v) is 14.2. The molecule has 0 bridgehead atoms. The molecule has 1 saturated heterocycles. The fourth-order valence-corrected chi connectivity index (χ4v) is 3.38. The molecular weight excluding hydrogens is 262 g/mol. The number of morpholine rings is 1. The fraction of sp³-hybridized carbons (Fsp3) is 0.647. The Bertz CT molecular complexity index is 451. The minimum Gasteiger partial charge on any atom is -0.373 e. The van der Waals surface area contributed by atoms with E-state index in [9.17, 15) is 0 Å². The molecule has 1 aliphatic heterocycles. The van der Waals surface area contributed by atoms with E-state index in [1.807, 2.05) is 0 Å². The molecule has 2 atom stereocenters. The third kappa shape index (κ3) is 3.93. The van der Waals surface area contributed by atoms with E-state index >= 15 is 0 Å². The number of nitrogens with zero attached hydrogens (tertiary/aromatic N) is 1. The Hall–Kier alpha value is -0.643. The molecule has 1 aliphatic rings. The zero-order chi connectivity index (χ0) is 14.7. The van der Waals surface area contributed by atoms with E-state index in [1.54, 1.807) is 0 Å². The van der Waals surface area contributed by atoms with E-state index in [-0.39, 0.29) is 0 Å². The predicted molar refractivity (Wildman–Crippen MR) is 86.1 cm³/mol. The van der Waals surface area contributed by atoms with Crippen LogP contribution in [0.1, 0.15) is 37.0 Å². The Morgan fingerprint density at radius 2 is 1.80 bits per heavy atom. The van der Waals surface area contributed by atoms with Crippen LogP contribution in [0.25, 0.3) is 0 Å². The van der Waals surface area contributed by atoms with Crippen molar-refractivity contribution >= 4 is 15.4 Å². The van der Waals surface area contributed by atoms with Gasteiger partial charge in [-0.1, -0.05) is 17.3 Å². The first-order chi connectivity index (χ1) is 9.47. The maximum atomic E-state index is 5.78. The highest BCUT2D eigenvalue weighted by Crippen LogP contribution is 2.15. The quantitative estimate of drug-likeness (QED) is 0.787. The molecule has 2 rings (SSSR count). The highest BCUT2D eigenvalue weighted by atomic mass is 28.1. The molecular formula is C17H26NOSi. The van der Waals surface area contributed by atoms with Gasteiger partial charge in [-0.2, -0.15) is 0 Å². The third-order valence-corrected chi connectivity index (χ3v) is 4.86. The SMILES string of the molecule is Cc1c([Si])ccc(CCCN2CC(C)OC(C)C2)c1C. The Balaban J connectivity index is 1.85. The molecule has 109 valence electrons. The van der Waals surface area contributed by atoms with E-state index in [1.165, 1.54) is 41.3 Å². The maximum absolute atomic E-state index is 5.78. The van der Waals surface area contributed by atoms with Gasteiger partial charge in [0.1, 0.15) is 0 Å². The van der Waals surface area contributed by atoms with Gasteiger partial charge in [0.25, 0.3) is 0 Å². The molecule has 1 aromatic carbocycles. The van der Waals surface area contributed by atoms with Gasteiger partial charge in [0.2, 0.25) is 0 Å². The van der Waals surface area contributed by atoms with Crippen LogP contribution in [0.2, 0.25) is 0 Å². The van der Waals surface area contributed by atoms with Gasteiger partial charge in [-0.25, -0.2) is 0 Å². The van der Waals surface area contributed by atoms with Crippen LogP contribution < -0.4 is 5.19 Å². The van der Waals surface area contributed by atoms with Crippen molar-refractivity contribution in [3.63, 3.8) is 0 Å². The minimum atomic E-state index is 0.371. The molecule has 3 heteroatoms. The van der Waals surface area contributed by atoms with Crippen molar-refractivity contribution < 1.29 is 4.74 Å². The molecule has 0 aromatic heterocycles. The fourth-order valence-electron chi connectivity index (χ4n) is 3.11. The van der Waals surface area contributed by atoms with Crippen LogP contribution in [0.15, 0.2) is 12.1 Å². The summed E-state index contributed by atoms with van der Waals surface area (Å²) in [4.78, 5) is 2.54. The first-order valence-electron chi connectivity index (χ1n) is 7.66. The average Bonchev–Trinajstić information content (AvgIpc) is 2.38. The van der Waals surface area contributed by atoms with Crippen LogP contribution in [0.5, 0.6) is 0 Å². The molecule has 1 fully saturated rings. The first kappa shape index (κ1) is 15.7. The molecule has 1 aromatic rings. The summed E-state index contributed by atoms with van der Waals surface area (Å²) in [5.41, 5.74) is 4.29. The van der Waals surface area contributed by atoms with Crippen molar-refractivity contribution in [2.75, 3.05) is 19.6 Å².